The van der Waals surface area contributed by atoms with Gasteiger partial charge in [0.05, 0.1) is 6.54 Å². The summed E-state index contributed by atoms with van der Waals surface area (Å²) >= 11 is 3.36. The van der Waals surface area contributed by atoms with Crippen LogP contribution in [0.25, 0.3) is 11.4 Å². The van der Waals surface area contributed by atoms with Crippen molar-refractivity contribution >= 4 is 15.9 Å². The number of aliphatic hydroxyl groups is 1. The molecule has 1 N–H and O–H groups in total. The lowest BCUT2D eigenvalue weighted by atomic mass is 10.3. The van der Waals surface area contributed by atoms with Gasteiger partial charge in [-0.3, -0.25) is 4.98 Å². The van der Waals surface area contributed by atoms with Gasteiger partial charge in [-0.05, 0) is 41.6 Å². The van der Waals surface area contributed by atoms with Crippen LogP contribution < -0.4 is 4.74 Å². The molecule has 0 aliphatic heterocycles. The molecule has 3 aromatic rings. The lowest BCUT2D eigenvalue weighted by molar-refractivity contribution is 0.0850. The van der Waals surface area contributed by atoms with E-state index >= 15 is 0 Å². The molecule has 0 aliphatic carbocycles. The Bertz CT molecular complexity index is 748. The molecule has 118 valence electrons. The van der Waals surface area contributed by atoms with Crippen molar-refractivity contribution in [1.29, 1.82) is 0 Å². The van der Waals surface area contributed by atoms with Gasteiger partial charge in [-0.15, -0.1) is 10.2 Å². The summed E-state index contributed by atoms with van der Waals surface area (Å²) in [5.41, 5.74) is 0.777. The van der Waals surface area contributed by atoms with Crippen molar-refractivity contribution in [2.24, 2.45) is 0 Å². The summed E-state index contributed by atoms with van der Waals surface area (Å²) in [6.45, 7) is 0.342. The molecule has 0 saturated carbocycles. The number of tetrazole rings is 1. The summed E-state index contributed by atoms with van der Waals surface area (Å²) in [5, 5.41) is 22.1. The average molecular weight is 376 g/mol. The van der Waals surface area contributed by atoms with Crippen LogP contribution >= 0.6 is 15.9 Å². The summed E-state index contributed by atoms with van der Waals surface area (Å²) < 4.78 is 6.49. The van der Waals surface area contributed by atoms with Gasteiger partial charge in [-0.25, -0.2) is 0 Å². The number of ether oxygens (including phenoxy) is 1. The largest absolute Gasteiger partial charge is 0.491 e. The second-order valence-electron chi connectivity index (χ2n) is 4.83. The Labute approximate surface area is 141 Å². The minimum Gasteiger partial charge on any atom is -0.491 e. The quantitative estimate of drug-likeness (QED) is 0.708. The minimum absolute atomic E-state index is 0.144. The summed E-state index contributed by atoms with van der Waals surface area (Å²) in [6.07, 6.45) is 2.60. The smallest absolute Gasteiger partial charge is 0.206 e. The van der Waals surface area contributed by atoms with Gasteiger partial charge in [0.15, 0.2) is 0 Å². The molecule has 1 aromatic carbocycles. The number of hydrogen-bond acceptors (Lipinski definition) is 6. The van der Waals surface area contributed by atoms with Gasteiger partial charge in [-0.1, -0.05) is 15.9 Å². The molecule has 1 unspecified atom stereocenters. The fraction of sp³-hybridized carbons (Fsp3) is 0.200. The number of nitrogens with zero attached hydrogens (tertiary/aromatic N) is 5. The van der Waals surface area contributed by atoms with Crippen molar-refractivity contribution in [2.45, 2.75) is 12.6 Å². The van der Waals surface area contributed by atoms with Crippen molar-refractivity contribution in [2.75, 3.05) is 6.61 Å². The highest BCUT2D eigenvalue weighted by Crippen LogP contribution is 2.16. The normalized spacial score (nSPS) is 12.1. The van der Waals surface area contributed by atoms with E-state index in [0.717, 1.165) is 10.0 Å². The summed E-state index contributed by atoms with van der Waals surface area (Å²) in [7, 11) is 0. The van der Waals surface area contributed by atoms with E-state index in [4.69, 9.17) is 4.74 Å². The van der Waals surface area contributed by atoms with Crippen molar-refractivity contribution in [3.8, 4) is 17.1 Å². The zero-order chi connectivity index (χ0) is 16.1. The first-order valence-electron chi connectivity index (χ1n) is 6.95. The average Bonchev–Trinajstić information content (AvgIpc) is 3.04. The summed E-state index contributed by atoms with van der Waals surface area (Å²) in [6, 6.07) is 11.1. The van der Waals surface area contributed by atoms with Gasteiger partial charge in [0.25, 0.3) is 0 Å². The molecule has 7 nitrogen and oxygen atoms in total. The molecule has 0 spiro atoms. The van der Waals surface area contributed by atoms with Gasteiger partial charge in [0.1, 0.15) is 18.5 Å². The number of aromatic nitrogens is 5. The van der Waals surface area contributed by atoms with Gasteiger partial charge in [0.2, 0.25) is 5.82 Å². The number of hydrogen-bond donors (Lipinski definition) is 1. The topological polar surface area (TPSA) is 86.0 Å². The van der Waals surface area contributed by atoms with E-state index in [1.165, 1.54) is 4.80 Å². The highest BCUT2D eigenvalue weighted by atomic mass is 79.9. The van der Waals surface area contributed by atoms with Crippen LogP contribution in [-0.2, 0) is 6.54 Å². The lowest BCUT2D eigenvalue weighted by Gasteiger charge is -2.11. The van der Waals surface area contributed by atoms with Crippen molar-refractivity contribution in [3.63, 3.8) is 0 Å². The third-order valence-corrected chi connectivity index (χ3v) is 3.53. The molecule has 0 bridgehead atoms. The van der Waals surface area contributed by atoms with Crippen LogP contribution in [0, 0.1) is 0 Å². The fourth-order valence-electron chi connectivity index (χ4n) is 1.90. The van der Waals surface area contributed by atoms with E-state index in [2.05, 4.69) is 36.3 Å². The lowest BCUT2D eigenvalue weighted by Crippen LogP contribution is -2.24. The SMILES string of the molecule is OC(COc1ccc(Br)cc1)Cn1nnc(-c2cccnc2)n1. The predicted octanol–water partition coefficient (Wildman–Crippen LogP) is 1.94. The van der Waals surface area contributed by atoms with Gasteiger partial charge >= 0.3 is 0 Å². The molecule has 0 radical (unpaired) electrons. The molecule has 23 heavy (non-hydrogen) atoms. The predicted molar refractivity (Wildman–Crippen MR) is 86.7 cm³/mol. The Morgan fingerprint density at radius 3 is 2.78 bits per heavy atom. The highest BCUT2D eigenvalue weighted by molar-refractivity contribution is 9.10. The first-order valence-corrected chi connectivity index (χ1v) is 7.74. The van der Waals surface area contributed by atoms with Crippen molar-refractivity contribution in [3.05, 3.63) is 53.3 Å². The molecule has 2 aromatic heterocycles. The van der Waals surface area contributed by atoms with Gasteiger partial charge in [0, 0.05) is 22.4 Å². The second kappa shape index (κ2) is 7.30. The molecule has 0 aliphatic rings. The third-order valence-electron chi connectivity index (χ3n) is 3.00. The Hall–Kier alpha value is -2.32. The number of aliphatic hydroxyl groups excluding tert-OH is 1. The van der Waals surface area contributed by atoms with Crippen LogP contribution in [0.1, 0.15) is 0 Å². The van der Waals surface area contributed by atoms with E-state index in [1.54, 1.807) is 18.5 Å². The van der Waals surface area contributed by atoms with E-state index in [9.17, 15) is 5.11 Å². The van der Waals surface area contributed by atoms with E-state index in [-0.39, 0.29) is 13.2 Å². The van der Waals surface area contributed by atoms with Crippen LogP contribution in [0.4, 0.5) is 0 Å². The Morgan fingerprint density at radius 1 is 1.22 bits per heavy atom. The first kappa shape index (κ1) is 15.6. The molecule has 3 rings (SSSR count). The number of rotatable bonds is 6. The highest BCUT2D eigenvalue weighted by Gasteiger charge is 2.11. The van der Waals surface area contributed by atoms with Crippen LogP contribution in [0.5, 0.6) is 5.75 Å². The van der Waals surface area contributed by atoms with Crippen LogP contribution in [0.2, 0.25) is 0 Å². The number of halogens is 1. The van der Waals surface area contributed by atoms with E-state index < -0.39 is 6.10 Å². The molecular formula is C15H14BrN5O2. The van der Waals surface area contributed by atoms with E-state index in [1.807, 2.05) is 30.3 Å². The molecule has 0 saturated heterocycles. The standard InChI is InChI=1S/C15H14BrN5O2/c16-12-3-5-14(6-4-12)23-10-13(22)9-21-19-15(18-20-21)11-2-1-7-17-8-11/h1-8,13,22H,9-10H2. The third kappa shape index (κ3) is 4.33. The molecule has 0 amide bonds. The molecule has 8 heteroatoms. The van der Waals surface area contributed by atoms with Crippen LogP contribution in [0.3, 0.4) is 0 Å². The Balaban J connectivity index is 1.55. The second-order valence-corrected chi connectivity index (χ2v) is 5.74. The maximum atomic E-state index is 10.0. The maximum Gasteiger partial charge on any atom is 0.206 e. The van der Waals surface area contributed by atoms with E-state index in [0.29, 0.717) is 11.6 Å². The number of pyridine rings is 1. The maximum absolute atomic E-state index is 10.0. The van der Waals surface area contributed by atoms with Crippen molar-refractivity contribution in [1.82, 2.24) is 25.2 Å². The number of benzene rings is 1. The molecule has 0 fully saturated rings. The summed E-state index contributed by atoms with van der Waals surface area (Å²) in [5.74, 6) is 1.16. The Kier molecular flexibility index (Phi) is 4.94. The Morgan fingerprint density at radius 2 is 2.04 bits per heavy atom. The first-order chi connectivity index (χ1) is 11.2. The van der Waals surface area contributed by atoms with Crippen LogP contribution in [0.15, 0.2) is 53.3 Å². The summed E-state index contributed by atoms with van der Waals surface area (Å²) in [4.78, 5) is 5.36. The van der Waals surface area contributed by atoms with Gasteiger partial charge in [-0.2, -0.15) is 4.80 Å². The molecule has 1 atom stereocenters. The minimum atomic E-state index is -0.741. The zero-order valence-electron chi connectivity index (χ0n) is 12.1. The van der Waals surface area contributed by atoms with Gasteiger partial charge < -0.3 is 9.84 Å². The van der Waals surface area contributed by atoms with Crippen molar-refractivity contribution < 1.29 is 9.84 Å². The monoisotopic (exact) mass is 375 g/mol. The zero-order valence-corrected chi connectivity index (χ0v) is 13.7. The molecule has 2 heterocycles. The van der Waals surface area contributed by atoms with Crippen LogP contribution in [-0.4, -0.2) is 43.0 Å². The molecular weight excluding hydrogens is 362 g/mol. The fourth-order valence-corrected chi connectivity index (χ4v) is 2.16.